The van der Waals surface area contributed by atoms with Crippen molar-refractivity contribution in [3.63, 3.8) is 0 Å². The van der Waals surface area contributed by atoms with Crippen molar-refractivity contribution in [2.24, 2.45) is 11.8 Å². The molecule has 2 aromatic rings. The highest BCUT2D eigenvalue weighted by molar-refractivity contribution is 5.76. The lowest BCUT2D eigenvalue weighted by Gasteiger charge is -2.49. The summed E-state index contributed by atoms with van der Waals surface area (Å²) >= 11 is 0. The van der Waals surface area contributed by atoms with Gasteiger partial charge in [0.2, 0.25) is 0 Å². The molecule has 3 N–H and O–H groups in total. The summed E-state index contributed by atoms with van der Waals surface area (Å²) in [7, 11) is 0. The molecule has 7 atom stereocenters. The van der Waals surface area contributed by atoms with Gasteiger partial charge >= 0.3 is 6.03 Å². The molecule has 0 bridgehead atoms. The first-order valence-corrected chi connectivity index (χ1v) is 13.5. The minimum absolute atomic E-state index is 0.0863. The number of aromatic nitrogens is 1. The molecule has 1 aliphatic carbocycles. The van der Waals surface area contributed by atoms with Crippen molar-refractivity contribution in [2.45, 2.75) is 69.7 Å². The van der Waals surface area contributed by atoms with Crippen LogP contribution in [0.5, 0.6) is 0 Å². The maximum atomic E-state index is 13.4. The molecule has 36 heavy (non-hydrogen) atoms. The van der Waals surface area contributed by atoms with Crippen LogP contribution >= 0.6 is 0 Å². The van der Waals surface area contributed by atoms with Crippen molar-refractivity contribution in [1.82, 2.24) is 31.0 Å². The largest absolute Gasteiger partial charge is 0.335 e. The van der Waals surface area contributed by atoms with E-state index in [1.165, 1.54) is 17.7 Å². The second kappa shape index (κ2) is 9.72. The fourth-order valence-electron chi connectivity index (χ4n) is 7.06. The van der Waals surface area contributed by atoms with Gasteiger partial charge in [-0.3, -0.25) is 15.3 Å². The number of hydrogen-bond donors (Lipinski definition) is 3. The summed E-state index contributed by atoms with van der Waals surface area (Å²) < 4.78 is 13.4. The number of halogens is 1. The van der Waals surface area contributed by atoms with Gasteiger partial charge in [0, 0.05) is 49.1 Å². The van der Waals surface area contributed by atoms with Gasteiger partial charge in [0.25, 0.3) is 0 Å². The second-order valence-electron chi connectivity index (χ2n) is 11.2. The van der Waals surface area contributed by atoms with Gasteiger partial charge < -0.3 is 10.2 Å². The minimum Gasteiger partial charge on any atom is -0.335 e. The quantitative estimate of drug-likeness (QED) is 0.607. The molecule has 1 aromatic carbocycles. The number of amides is 2. The van der Waals surface area contributed by atoms with E-state index in [9.17, 15) is 9.18 Å². The Labute approximate surface area is 212 Å². The van der Waals surface area contributed by atoms with Crippen LogP contribution in [0.3, 0.4) is 0 Å². The van der Waals surface area contributed by atoms with E-state index >= 15 is 0 Å². The molecule has 3 saturated heterocycles. The third kappa shape index (κ3) is 4.51. The second-order valence-corrected chi connectivity index (χ2v) is 11.2. The van der Waals surface area contributed by atoms with E-state index in [4.69, 9.17) is 0 Å². The highest BCUT2D eigenvalue weighted by Crippen LogP contribution is 2.42. The van der Waals surface area contributed by atoms with Gasteiger partial charge in [-0.25, -0.2) is 14.6 Å². The number of nitrogens with zero attached hydrogens (tertiary/aromatic N) is 3. The summed E-state index contributed by atoms with van der Waals surface area (Å²) in [4.78, 5) is 22.2. The Morgan fingerprint density at radius 1 is 1.08 bits per heavy atom. The number of benzene rings is 1. The van der Waals surface area contributed by atoms with E-state index in [2.05, 4.69) is 50.0 Å². The third-order valence-corrected chi connectivity index (χ3v) is 9.07. The van der Waals surface area contributed by atoms with Crippen LogP contribution in [-0.4, -0.2) is 58.6 Å². The molecule has 0 spiro atoms. The normalized spacial score (nSPS) is 33.5. The van der Waals surface area contributed by atoms with Crippen LogP contribution < -0.4 is 16.2 Å². The number of carbonyl (C=O) groups excluding carboxylic acids is 1. The zero-order valence-electron chi connectivity index (χ0n) is 21.2. The van der Waals surface area contributed by atoms with E-state index in [1.807, 2.05) is 25.3 Å². The van der Waals surface area contributed by atoms with Crippen LogP contribution in [-0.2, 0) is 0 Å². The van der Waals surface area contributed by atoms with Crippen LogP contribution in [0.2, 0.25) is 0 Å². The molecule has 1 aromatic heterocycles. The number of hydrogen-bond acceptors (Lipinski definition) is 5. The number of hydrazine groups is 1. The van der Waals surface area contributed by atoms with E-state index in [0.29, 0.717) is 17.9 Å². The van der Waals surface area contributed by atoms with Crippen molar-refractivity contribution in [3.05, 3.63) is 65.2 Å². The summed E-state index contributed by atoms with van der Waals surface area (Å²) in [5, 5.41) is 3.37. The fourth-order valence-corrected chi connectivity index (χ4v) is 7.06. The number of piperidine rings is 1. The highest BCUT2D eigenvalue weighted by atomic mass is 19.1. The zero-order chi connectivity index (χ0) is 24.8. The monoisotopic (exact) mass is 492 g/mol. The Kier molecular flexibility index (Phi) is 6.44. The molecule has 4 heterocycles. The molecular formula is C28H37FN6O. The first-order chi connectivity index (χ1) is 17.5. The number of nitrogens with one attached hydrogen (secondary N) is 3. The van der Waals surface area contributed by atoms with Crippen molar-refractivity contribution in [3.8, 4) is 0 Å². The molecule has 6 rings (SSSR count). The van der Waals surface area contributed by atoms with Gasteiger partial charge in [-0.15, -0.1) is 0 Å². The number of rotatable bonds is 4. The number of fused-ring (bicyclic) bond motifs is 2. The summed E-state index contributed by atoms with van der Waals surface area (Å²) in [5.41, 5.74) is 10.5. The van der Waals surface area contributed by atoms with Crippen LogP contribution in [0.15, 0.2) is 42.6 Å². The Balaban J connectivity index is 1.14. The number of carbonyl (C=O) groups is 1. The van der Waals surface area contributed by atoms with Gasteiger partial charge in [-0.1, -0.05) is 12.1 Å². The molecule has 0 radical (unpaired) electrons. The smallest absolute Gasteiger partial charge is 0.317 e. The molecule has 7 nitrogen and oxygen atoms in total. The van der Waals surface area contributed by atoms with Gasteiger partial charge in [0.15, 0.2) is 0 Å². The Morgan fingerprint density at radius 3 is 2.72 bits per heavy atom. The highest BCUT2D eigenvalue weighted by Gasteiger charge is 2.48. The van der Waals surface area contributed by atoms with Gasteiger partial charge in [-0.2, -0.15) is 0 Å². The minimum atomic E-state index is -0.203. The van der Waals surface area contributed by atoms with Gasteiger partial charge in [0.05, 0.1) is 6.04 Å². The number of pyridine rings is 1. The molecule has 4 fully saturated rings. The fraction of sp³-hybridized carbons (Fsp3) is 0.571. The van der Waals surface area contributed by atoms with Crippen LogP contribution in [0, 0.1) is 24.6 Å². The lowest BCUT2D eigenvalue weighted by Crippen LogP contribution is -2.64. The molecule has 2 amide bonds. The van der Waals surface area contributed by atoms with Gasteiger partial charge in [-0.05, 0) is 93.3 Å². The first kappa shape index (κ1) is 23.8. The molecule has 192 valence electrons. The van der Waals surface area contributed by atoms with E-state index in [0.717, 1.165) is 56.6 Å². The van der Waals surface area contributed by atoms with Crippen molar-refractivity contribution in [1.29, 1.82) is 0 Å². The van der Waals surface area contributed by atoms with Gasteiger partial charge in [0.1, 0.15) is 5.82 Å². The molecule has 4 aliphatic rings. The van der Waals surface area contributed by atoms with Crippen molar-refractivity contribution >= 4 is 6.03 Å². The van der Waals surface area contributed by atoms with Crippen molar-refractivity contribution < 1.29 is 9.18 Å². The molecule has 8 heteroatoms. The lowest BCUT2D eigenvalue weighted by molar-refractivity contribution is 0.0448. The average molecular weight is 493 g/mol. The molecular weight excluding hydrogens is 455 g/mol. The van der Waals surface area contributed by atoms with Crippen LogP contribution in [0.1, 0.15) is 61.5 Å². The number of likely N-dealkylation sites (tertiary alicyclic amines) is 1. The van der Waals surface area contributed by atoms with E-state index < -0.39 is 0 Å². The Hall–Kier alpha value is -2.55. The lowest BCUT2D eigenvalue weighted by atomic mass is 9.71. The maximum Gasteiger partial charge on any atom is 0.317 e. The predicted octanol–water partition coefficient (Wildman–Crippen LogP) is 3.69. The standard InChI is InChI=1S/C28H37FN6O/c1-17-12-20(9-10-30-17)27-24-13-21-15-35(28(36)31-25(21)14-26(24)32-33-27)23-4-3-11-34(16-23)18(2)19-5-7-22(29)8-6-19/h5-10,12,18,21,23-27,32-33H,3-4,11,13-16H2,1-2H3,(H,31,36)/t18?,21?,23-,24?,25?,26?,27?/m1/s1. The summed E-state index contributed by atoms with van der Waals surface area (Å²) in [6.45, 7) is 6.91. The topological polar surface area (TPSA) is 72.5 Å². The number of aryl methyl sites for hydroxylation is 1. The predicted molar refractivity (Wildman–Crippen MR) is 136 cm³/mol. The van der Waals surface area contributed by atoms with E-state index in [1.54, 1.807) is 0 Å². The Morgan fingerprint density at radius 2 is 1.92 bits per heavy atom. The number of urea groups is 1. The summed E-state index contributed by atoms with van der Waals surface area (Å²) in [6, 6.07) is 12.5. The maximum absolute atomic E-state index is 13.4. The molecule has 3 aliphatic heterocycles. The summed E-state index contributed by atoms with van der Waals surface area (Å²) in [6.07, 6.45) is 6.04. The van der Waals surface area contributed by atoms with Crippen LogP contribution in [0.4, 0.5) is 9.18 Å². The summed E-state index contributed by atoms with van der Waals surface area (Å²) in [5.74, 6) is 0.734. The molecule has 6 unspecified atom stereocenters. The van der Waals surface area contributed by atoms with Crippen LogP contribution in [0.25, 0.3) is 0 Å². The third-order valence-electron chi connectivity index (χ3n) is 9.07. The zero-order valence-corrected chi connectivity index (χ0v) is 21.2. The SMILES string of the molecule is Cc1cc(C2NNC3CC4NC(=O)N([C@@H]5CCCN(C(C)c6ccc(F)cc6)C5)CC4CC32)ccn1. The average Bonchev–Trinajstić information content (AvgIpc) is 3.30. The molecule has 1 saturated carbocycles. The Bertz CT molecular complexity index is 1100. The van der Waals surface area contributed by atoms with E-state index in [-0.39, 0.29) is 36.0 Å². The van der Waals surface area contributed by atoms with Crippen molar-refractivity contribution in [2.75, 3.05) is 19.6 Å². The first-order valence-electron chi connectivity index (χ1n) is 13.5.